The molecule has 0 aliphatic rings. The third kappa shape index (κ3) is 2.54. The van der Waals surface area contributed by atoms with Crippen LogP contribution in [0.2, 0.25) is 5.15 Å². The van der Waals surface area contributed by atoms with E-state index < -0.39 is 0 Å². The first-order valence-electron chi connectivity index (χ1n) is 5.58. The molecule has 0 spiro atoms. The van der Waals surface area contributed by atoms with Gasteiger partial charge < -0.3 is 5.32 Å². The van der Waals surface area contributed by atoms with E-state index >= 15 is 0 Å². The van der Waals surface area contributed by atoms with E-state index in [4.69, 9.17) is 11.6 Å². The molecule has 3 aromatic rings. The number of benzene rings is 1. The minimum atomic E-state index is 0.467. The fourth-order valence-electron chi connectivity index (χ4n) is 1.75. The van der Waals surface area contributed by atoms with Gasteiger partial charge in [0.2, 0.25) is 0 Å². The van der Waals surface area contributed by atoms with E-state index in [-0.39, 0.29) is 0 Å². The predicted octanol–water partition coefficient (Wildman–Crippen LogP) is 4.66. The molecule has 3 nitrogen and oxygen atoms in total. The highest BCUT2D eigenvalue weighted by Gasteiger charge is 2.10. The second-order valence-electron chi connectivity index (χ2n) is 3.92. The SMILES string of the molecule is CNc1ccc(-c2nc3ccc(I)cc3s2)nc1Cl. The van der Waals surface area contributed by atoms with E-state index in [0.29, 0.717) is 5.15 Å². The van der Waals surface area contributed by atoms with Gasteiger partial charge in [0.05, 0.1) is 15.9 Å². The Morgan fingerprint density at radius 1 is 1.21 bits per heavy atom. The lowest BCUT2D eigenvalue weighted by atomic mass is 10.3. The summed E-state index contributed by atoms with van der Waals surface area (Å²) in [5, 5.41) is 4.35. The van der Waals surface area contributed by atoms with Crippen LogP contribution in [0.25, 0.3) is 20.9 Å². The van der Waals surface area contributed by atoms with Crippen molar-refractivity contribution < 1.29 is 0 Å². The molecule has 0 atom stereocenters. The van der Waals surface area contributed by atoms with E-state index in [1.54, 1.807) is 11.3 Å². The second-order valence-corrected chi connectivity index (χ2v) is 6.55. The Balaban J connectivity index is 2.11. The second kappa shape index (κ2) is 5.22. The van der Waals surface area contributed by atoms with E-state index in [1.807, 2.05) is 25.2 Å². The molecule has 0 fully saturated rings. The molecule has 2 aromatic heterocycles. The van der Waals surface area contributed by atoms with Gasteiger partial charge in [-0.1, -0.05) is 11.6 Å². The number of pyridine rings is 1. The van der Waals surface area contributed by atoms with E-state index in [2.05, 4.69) is 50.0 Å². The maximum Gasteiger partial charge on any atom is 0.152 e. The van der Waals surface area contributed by atoms with Crippen LogP contribution in [0.15, 0.2) is 30.3 Å². The van der Waals surface area contributed by atoms with E-state index in [0.717, 1.165) is 26.6 Å². The molecule has 0 amide bonds. The Kier molecular flexibility index (Phi) is 3.60. The summed E-state index contributed by atoms with van der Waals surface area (Å²) >= 11 is 10.0. The van der Waals surface area contributed by atoms with Crippen molar-refractivity contribution in [1.82, 2.24) is 9.97 Å². The van der Waals surface area contributed by atoms with Crippen LogP contribution in [0.3, 0.4) is 0 Å². The molecule has 0 saturated heterocycles. The van der Waals surface area contributed by atoms with Crippen molar-refractivity contribution in [2.45, 2.75) is 0 Å². The molecule has 0 radical (unpaired) electrons. The van der Waals surface area contributed by atoms with Crippen LogP contribution in [0, 0.1) is 3.57 Å². The minimum absolute atomic E-state index is 0.467. The van der Waals surface area contributed by atoms with Gasteiger partial charge in [-0.25, -0.2) is 9.97 Å². The van der Waals surface area contributed by atoms with Crippen molar-refractivity contribution in [1.29, 1.82) is 0 Å². The first-order valence-corrected chi connectivity index (χ1v) is 7.85. The van der Waals surface area contributed by atoms with Crippen molar-refractivity contribution in [3.63, 3.8) is 0 Å². The van der Waals surface area contributed by atoms with Gasteiger partial charge in [-0.15, -0.1) is 11.3 Å². The Morgan fingerprint density at radius 2 is 2.05 bits per heavy atom. The number of nitrogens with one attached hydrogen (secondary N) is 1. The third-order valence-electron chi connectivity index (χ3n) is 2.69. The number of hydrogen-bond acceptors (Lipinski definition) is 4. The van der Waals surface area contributed by atoms with Crippen LogP contribution < -0.4 is 5.32 Å². The molecule has 0 aliphatic carbocycles. The predicted molar refractivity (Wildman–Crippen MR) is 90.1 cm³/mol. The Labute approximate surface area is 133 Å². The molecular formula is C13H9ClIN3S. The van der Waals surface area contributed by atoms with Gasteiger partial charge in [0.1, 0.15) is 10.7 Å². The van der Waals surface area contributed by atoms with Crippen LogP contribution in [-0.4, -0.2) is 17.0 Å². The van der Waals surface area contributed by atoms with Gasteiger partial charge in [0.25, 0.3) is 0 Å². The standard InChI is InChI=1S/C13H9ClIN3S/c1-16-9-4-5-10(17-12(9)14)13-18-8-3-2-7(15)6-11(8)19-13/h2-6,16H,1H3. The number of halogens is 2. The van der Waals surface area contributed by atoms with Gasteiger partial charge in [-0.05, 0) is 52.9 Å². The summed E-state index contributed by atoms with van der Waals surface area (Å²) in [6.45, 7) is 0. The van der Waals surface area contributed by atoms with Gasteiger partial charge >= 0.3 is 0 Å². The van der Waals surface area contributed by atoms with Crippen molar-refractivity contribution >= 4 is 61.4 Å². The number of nitrogens with zero attached hydrogens (tertiary/aromatic N) is 2. The molecule has 96 valence electrons. The normalized spacial score (nSPS) is 10.9. The lowest BCUT2D eigenvalue weighted by Crippen LogP contribution is -1.92. The van der Waals surface area contributed by atoms with Crippen LogP contribution in [0.1, 0.15) is 0 Å². The zero-order valence-corrected chi connectivity index (χ0v) is 13.7. The molecule has 0 aliphatic heterocycles. The third-order valence-corrected chi connectivity index (χ3v) is 4.69. The van der Waals surface area contributed by atoms with Crippen LogP contribution >= 0.6 is 45.5 Å². The first-order chi connectivity index (χ1) is 9.17. The highest BCUT2D eigenvalue weighted by molar-refractivity contribution is 14.1. The summed E-state index contributed by atoms with van der Waals surface area (Å²) in [7, 11) is 1.82. The van der Waals surface area contributed by atoms with Gasteiger partial charge in [-0.3, -0.25) is 0 Å². The summed E-state index contributed by atoms with van der Waals surface area (Å²) in [5.74, 6) is 0. The average molecular weight is 402 g/mol. The fourth-order valence-corrected chi connectivity index (χ4v) is 3.67. The maximum absolute atomic E-state index is 6.11. The molecule has 1 aromatic carbocycles. The molecule has 0 saturated carbocycles. The summed E-state index contributed by atoms with van der Waals surface area (Å²) in [5.41, 5.74) is 2.62. The summed E-state index contributed by atoms with van der Waals surface area (Å²) < 4.78 is 2.37. The molecule has 2 heterocycles. The van der Waals surface area contributed by atoms with E-state index in [1.165, 1.54) is 3.57 Å². The Hall–Kier alpha value is -0.920. The number of hydrogen-bond donors (Lipinski definition) is 1. The number of thiazole rings is 1. The molecule has 0 unspecified atom stereocenters. The lowest BCUT2D eigenvalue weighted by Gasteiger charge is -2.03. The first kappa shape index (κ1) is 13.1. The fraction of sp³-hybridized carbons (Fsp3) is 0.0769. The van der Waals surface area contributed by atoms with Crippen LogP contribution in [0.5, 0.6) is 0 Å². The summed E-state index contributed by atoms with van der Waals surface area (Å²) in [6.07, 6.45) is 0. The number of aromatic nitrogens is 2. The number of rotatable bonds is 2. The minimum Gasteiger partial charge on any atom is -0.386 e. The Morgan fingerprint density at radius 3 is 2.79 bits per heavy atom. The monoisotopic (exact) mass is 401 g/mol. The zero-order valence-electron chi connectivity index (χ0n) is 9.95. The molecule has 19 heavy (non-hydrogen) atoms. The molecule has 3 rings (SSSR count). The highest BCUT2D eigenvalue weighted by Crippen LogP contribution is 2.32. The average Bonchev–Trinajstić information content (AvgIpc) is 2.81. The van der Waals surface area contributed by atoms with Gasteiger partial charge in [-0.2, -0.15) is 0 Å². The lowest BCUT2D eigenvalue weighted by molar-refractivity contribution is 1.29. The maximum atomic E-state index is 6.11. The van der Waals surface area contributed by atoms with Gasteiger partial charge in [0.15, 0.2) is 5.15 Å². The highest BCUT2D eigenvalue weighted by atomic mass is 127. The smallest absolute Gasteiger partial charge is 0.152 e. The largest absolute Gasteiger partial charge is 0.386 e. The van der Waals surface area contributed by atoms with Crippen molar-refractivity contribution in [3.8, 4) is 10.7 Å². The van der Waals surface area contributed by atoms with E-state index in [9.17, 15) is 0 Å². The molecule has 0 bridgehead atoms. The van der Waals surface area contributed by atoms with Gasteiger partial charge in [0, 0.05) is 10.6 Å². The molecule has 1 N–H and O–H groups in total. The topological polar surface area (TPSA) is 37.8 Å². The van der Waals surface area contributed by atoms with Crippen molar-refractivity contribution in [2.75, 3.05) is 12.4 Å². The van der Waals surface area contributed by atoms with Crippen molar-refractivity contribution in [2.24, 2.45) is 0 Å². The van der Waals surface area contributed by atoms with Crippen LogP contribution in [-0.2, 0) is 0 Å². The van der Waals surface area contributed by atoms with Crippen molar-refractivity contribution in [3.05, 3.63) is 39.1 Å². The summed E-state index contributed by atoms with van der Waals surface area (Å²) in [4.78, 5) is 8.98. The Bertz CT molecular complexity index is 757. The molecule has 6 heteroatoms. The molecular weight excluding hydrogens is 393 g/mol. The zero-order chi connectivity index (χ0) is 13.4. The van der Waals surface area contributed by atoms with Crippen LogP contribution in [0.4, 0.5) is 5.69 Å². The quantitative estimate of drug-likeness (QED) is 0.501. The number of fused-ring (bicyclic) bond motifs is 1. The number of anilines is 1. The summed E-state index contributed by atoms with van der Waals surface area (Å²) in [6, 6.07) is 10.1.